The highest BCUT2D eigenvalue weighted by molar-refractivity contribution is 7.10. The molecule has 1 heteroatoms. The van der Waals surface area contributed by atoms with Crippen LogP contribution in [0.25, 0.3) is 6.08 Å². The van der Waals surface area contributed by atoms with E-state index in [2.05, 4.69) is 39.2 Å². The molecule has 66 valence electrons. The lowest BCUT2D eigenvalue weighted by molar-refractivity contribution is 1.11. The van der Waals surface area contributed by atoms with Gasteiger partial charge in [0.25, 0.3) is 0 Å². The molecule has 0 spiro atoms. The molecule has 0 aliphatic carbocycles. The highest BCUT2D eigenvalue weighted by Gasteiger charge is 2.01. The van der Waals surface area contributed by atoms with Gasteiger partial charge in [-0.15, -0.1) is 11.3 Å². The van der Waals surface area contributed by atoms with Crippen molar-refractivity contribution >= 4 is 17.4 Å². The van der Waals surface area contributed by atoms with Crippen molar-refractivity contribution in [1.29, 1.82) is 0 Å². The third-order valence-corrected chi connectivity index (χ3v) is 3.21. The van der Waals surface area contributed by atoms with Gasteiger partial charge in [0, 0.05) is 4.88 Å². The molecular weight excluding hydrogens is 164 g/mol. The van der Waals surface area contributed by atoms with E-state index < -0.39 is 0 Å². The van der Waals surface area contributed by atoms with Gasteiger partial charge in [0.05, 0.1) is 0 Å². The first-order chi connectivity index (χ1) is 5.65. The van der Waals surface area contributed by atoms with E-state index in [1.54, 1.807) is 0 Å². The van der Waals surface area contributed by atoms with Crippen LogP contribution in [0.4, 0.5) is 0 Å². The zero-order valence-corrected chi connectivity index (χ0v) is 9.09. The molecule has 0 nitrogen and oxygen atoms in total. The monoisotopic (exact) mass is 180 g/mol. The van der Waals surface area contributed by atoms with Gasteiger partial charge in [-0.3, -0.25) is 0 Å². The normalized spacial score (nSPS) is 12.2. The summed E-state index contributed by atoms with van der Waals surface area (Å²) >= 11 is 1.84. The minimum absolute atomic E-state index is 1.15. The van der Waals surface area contributed by atoms with E-state index in [0.29, 0.717) is 0 Å². The van der Waals surface area contributed by atoms with Gasteiger partial charge in [0.15, 0.2) is 0 Å². The molecule has 0 N–H and O–H groups in total. The molecule has 0 radical (unpaired) electrons. The van der Waals surface area contributed by atoms with Gasteiger partial charge in [-0.25, -0.2) is 0 Å². The molecule has 0 saturated carbocycles. The molecule has 0 bridgehead atoms. The van der Waals surface area contributed by atoms with Crippen LogP contribution in [0.2, 0.25) is 0 Å². The second kappa shape index (κ2) is 3.90. The fourth-order valence-electron chi connectivity index (χ4n) is 1.15. The molecule has 0 aliphatic rings. The van der Waals surface area contributed by atoms with Crippen molar-refractivity contribution in [2.45, 2.75) is 34.1 Å². The summed E-state index contributed by atoms with van der Waals surface area (Å²) in [6.07, 6.45) is 3.45. The van der Waals surface area contributed by atoms with Crippen LogP contribution in [0, 0.1) is 13.8 Å². The van der Waals surface area contributed by atoms with E-state index >= 15 is 0 Å². The lowest BCUT2D eigenvalue weighted by atomic mass is 10.1. The Morgan fingerprint density at radius 3 is 2.58 bits per heavy atom. The molecule has 0 fully saturated rings. The lowest BCUT2D eigenvalue weighted by Crippen LogP contribution is -1.78. The largest absolute Gasteiger partial charge is 0.148 e. The van der Waals surface area contributed by atoms with Gasteiger partial charge in [-0.1, -0.05) is 18.6 Å². The molecule has 1 heterocycles. The smallest absolute Gasteiger partial charge is 0.00893 e. The van der Waals surface area contributed by atoms with Crippen LogP contribution in [0.3, 0.4) is 0 Å². The second-order valence-corrected chi connectivity index (χ2v) is 4.32. The zero-order valence-electron chi connectivity index (χ0n) is 8.27. The van der Waals surface area contributed by atoms with E-state index in [1.807, 2.05) is 11.3 Å². The predicted molar refractivity (Wildman–Crippen MR) is 57.7 cm³/mol. The van der Waals surface area contributed by atoms with Crippen LogP contribution in [-0.4, -0.2) is 0 Å². The number of allylic oxidation sites excluding steroid dienone is 1. The molecule has 0 unspecified atom stereocenters. The molecule has 0 saturated heterocycles. The summed E-state index contributed by atoms with van der Waals surface area (Å²) < 4.78 is 0. The van der Waals surface area contributed by atoms with Crippen LogP contribution in [0.1, 0.15) is 36.3 Å². The molecule has 0 aromatic carbocycles. The highest BCUT2D eigenvalue weighted by Crippen LogP contribution is 2.23. The Kier molecular flexibility index (Phi) is 3.10. The minimum atomic E-state index is 1.15. The van der Waals surface area contributed by atoms with Gasteiger partial charge >= 0.3 is 0 Å². The third-order valence-electron chi connectivity index (χ3n) is 2.17. The Balaban J connectivity index is 3.02. The van der Waals surface area contributed by atoms with Crippen LogP contribution in [0.15, 0.2) is 11.0 Å². The SMILES string of the molecule is CC/C(C)=C\c1c(C)csc1C. The maximum Gasteiger partial charge on any atom is 0.00893 e. The topological polar surface area (TPSA) is 0 Å². The van der Waals surface area contributed by atoms with Gasteiger partial charge in [0.1, 0.15) is 0 Å². The second-order valence-electron chi connectivity index (χ2n) is 3.23. The fraction of sp³-hybridized carbons (Fsp3) is 0.455. The van der Waals surface area contributed by atoms with E-state index in [9.17, 15) is 0 Å². The van der Waals surface area contributed by atoms with Crippen molar-refractivity contribution in [1.82, 2.24) is 0 Å². The number of hydrogen-bond donors (Lipinski definition) is 0. The van der Waals surface area contributed by atoms with Gasteiger partial charge in [0.2, 0.25) is 0 Å². The summed E-state index contributed by atoms with van der Waals surface area (Å²) in [4.78, 5) is 1.43. The summed E-state index contributed by atoms with van der Waals surface area (Å²) in [5.74, 6) is 0. The van der Waals surface area contributed by atoms with Crippen molar-refractivity contribution in [2.24, 2.45) is 0 Å². The van der Waals surface area contributed by atoms with E-state index in [-0.39, 0.29) is 0 Å². The fourth-order valence-corrected chi connectivity index (χ4v) is 1.97. The summed E-state index contributed by atoms with van der Waals surface area (Å²) in [7, 11) is 0. The first-order valence-electron chi connectivity index (χ1n) is 4.37. The number of rotatable bonds is 2. The van der Waals surface area contributed by atoms with Crippen LogP contribution >= 0.6 is 11.3 Å². The first-order valence-corrected chi connectivity index (χ1v) is 5.25. The number of thiophene rings is 1. The molecule has 0 amide bonds. The van der Waals surface area contributed by atoms with Crippen LogP contribution < -0.4 is 0 Å². The van der Waals surface area contributed by atoms with E-state index in [1.165, 1.54) is 21.6 Å². The van der Waals surface area contributed by atoms with Crippen molar-refractivity contribution in [2.75, 3.05) is 0 Å². The number of hydrogen-bond acceptors (Lipinski definition) is 1. The Morgan fingerprint density at radius 2 is 2.17 bits per heavy atom. The number of aryl methyl sites for hydroxylation is 2. The Bertz CT molecular complexity index is 272. The Morgan fingerprint density at radius 1 is 1.50 bits per heavy atom. The lowest BCUT2D eigenvalue weighted by Gasteiger charge is -1.97. The van der Waals surface area contributed by atoms with Crippen molar-refractivity contribution in [3.05, 3.63) is 27.0 Å². The van der Waals surface area contributed by atoms with Crippen LogP contribution in [0.5, 0.6) is 0 Å². The molecule has 12 heavy (non-hydrogen) atoms. The van der Waals surface area contributed by atoms with Gasteiger partial charge in [-0.2, -0.15) is 0 Å². The predicted octanol–water partition coefficient (Wildman–Crippen LogP) is 4.18. The molecule has 0 atom stereocenters. The summed E-state index contributed by atoms with van der Waals surface area (Å²) in [5.41, 5.74) is 4.30. The summed E-state index contributed by atoms with van der Waals surface area (Å²) in [6, 6.07) is 0. The summed E-state index contributed by atoms with van der Waals surface area (Å²) in [6.45, 7) is 8.75. The van der Waals surface area contributed by atoms with E-state index in [0.717, 1.165) is 6.42 Å². The summed E-state index contributed by atoms with van der Waals surface area (Å²) in [5, 5.41) is 2.23. The first kappa shape index (κ1) is 9.53. The van der Waals surface area contributed by atoms with Crippen molar-refractivity contribution in [3.8, 4) is 0 Å². The van der Waals surface area contributed by atoms with E-state index in [4.69, 9.17) is 0 Å². The van der Waals surface area contributed by atoms with Gasteiger partial charge < -0.3 is 0 Å². The Labute approximate surface area is 78.9 Å². The zero-order chi connectivity index (χ0) is 9.14. The maximum atomic E-state index is 2.31. The molecule has 0 aliphatic heterocycles. The molecule has 1 aromatic rings. The van der Waals surface area contributed by atoms with Crippen molar-refractivity contribution in [3.63, 3.8) is 0 Å². The third kappa shape index (κ3) is 1.98. The molecular formula is C11H16S. The standard InChI is InChI=1S/C11H16S/c1-5-8(2)6-11-9(3)7-12-10(11)4/h6-7H,5H2,1-4H3/b8-6-. The maximum absolute atomic E-state index is 2.31. The average molecular weight is 180 g/mol. The molecule has 1 rings (SSSR count). The van der Waals surface area contributed by atoms with Crippen LogP contribution in [-0.2, 0) is 0 Å². The Hall–Kier alpha value is -0.560. The van der Waals surface area contributed by atoms with Crippen molar-refractivity contribution < 1.29 is 0 Å². The minimum Gasteiger partial charge on any atom is -0.148 e. The van der Waals surface area contributed by atoms with Gasteiger partial charge in [-0.05, 0) is 43.7 Å². The average Bonchev–Trinajstić information content (AvgIpc) is 2.35. The quantitative estimate of drug-likeness (QED) is 0.640. The molecule has 1 aromatic heterocycles. The highest BCUT2D eigenvalue weighted by atomic mass is 32.1.